The van der Waals surface area contributed by atoms with Gasteiger partial charge in [0.2, 0.25) is 0 Å². The maximum Gasteiger partial charge on any atom is 0.294 e. The molecular weight excluding hydrogens is 288 g/mol. The fourth-order valence-electron chi connectivity index (χ4n) is 2.46. The standard InChI is InChI=1S/C16H14O4S/c17-21(18,19)15-11-5-7-12-6-4-10-14(16(12)15)20-13-8-2-1-3-9-13/h1-4,6,8-11H,5,7H2,(H,17,18,19). The van der Waals surface area contributed by atoms with Gasteiger partial charge in [0, 0.05) is 5.56 Å². The van der Waals surface area contributed by atoms with Gasteiger partial charge in [-0.05, 0) is 36.6 Å². The van der Waals surface area contributed by atoms with E-state index in [2.05, 4.69) is 0 Å². The molecule has 1 N–H and O–H groups in total. The van der Waals surface area contributed by atoms with Gasteiger partial charge in [-0.25, -0.2) is 0 Å². The molecule has 2 aromatic rings. The number of hydrogen-bond donors (Lipinski definition) is 1. The van der Waals surface area contributed by atoms with Gasteiger partial charge in [0.05, 0.1) is 0 Å². The van der Waals surface area contributed by atoms with Crippen LogP contribution in [0.15, 0.2) is 54.6 Å². The Hall–Kier alpha value is -2.11. The molecule has 5 heteroatoms. The number of aryl methyl sites for hydroxylation is 1. The van der Waals surface area contributed by atoms with Gasteiger partial charge in [-0.15, -0.1) is 0 Å². The minimum atomic E-state index is -4.27. The SMILES string of the molecule is O=S(=O)(O)C1=CCCc2cccc(Oc3ccccc3)c21. The highest BCUT2D eigenvalue weighted by Crippen LogP contribution is 2.38. The Morgan fingerprint density at radius 1 is 1.00 bits per heavy atom. The Morgan fingerprint density at radius 3 is 2.48 bits per heavy atom. The van der Waals surface area contributed by atoms with Crippen molar-refractivity contribution in [3.63, 3.8) is 0 Å². The molecule has 0 saturated heterocycles. The molecule has 1 aliphatic carbocycles. The van der Waals surface area contributed by atoms with Crippen LogP contribution in [0, 0.1) is 0 Å². The highest BCUT2D eigenvalue weighted by Gasteiger charge is 2.26. The minimum absolute atomic E-state index is 0.0738. The van der Waals surface area contributed by atoms with E-state index in [1.54, 1.807) is 18.2 Å². The van der Waals surface area contributed by atoms with Gasteiger partial charge in [0.1, 0.15) is 16.4 Å². The lowest BCUT2D eigenvalue weighted by Crippen LogP contribution is -2.09. The van der Waals surface area contributed by atoms with Gasteiger partial charge >= 0.3 is 0 Å². The Labute approximate surface area is 123 Å². The fourth-order valence-corrected chi connectivity index (χ4v) is 3.28. The van der Waals surface area contributed by atoms with Crippen LogP contribution in [-0.4, -0.2) is 13.0 Å². The number of benzene rings is 2. The van der Waals surface area contributed by atoms with Gasteiger partial charge in [-0.1, -0.05) is 36.4 Å². The van der Waals surface area contributed by atoms with Gasteiger partial charge in [-0.3, -0.25) is 4.55 Å². The van der Waals surface area contributed by atoms with Crippen LogP contribution < -0.4 is 4.74 Å². The summed E-state index contributed by atoms with van der Waals surface area (Å²) in [5.74, 6) is 1.05. The number of para-hydroxylation sites is 1. The Bertz CT molecular complexity index is 792. The molecule has 21 heavy (non-hydrogen) atoms. The van der Waals surface area contributed by atoms with Crippen molar-refractivity contribution in [2.45, 2.75) is 12.8 Å². The van der Waals surface area contributed by atoms with Crippen molar-refractivity contribution in [1.29, 1.82) is 0 Å². The zero-order chi connectivity index (χ0) is 14.9. The molecule has 0 spiro atoms. The van der Waals surface area contributed by atoms with Crippen LogP contribution in [0.2, 0.25) is 0 Å². The molecule has 0 heterocycles. The van der Waals surface area contributed by atoms with Crippen molar-refractivity contribution < 1.29 is 17.7 Å². The van der Waals surface area contributed by atoms with Crippen LogP contribution in [0.1, 0.15) is 17.5 Å². The smallest absolute Gasteiger partial charge is 0.294 e. The van der Waals surface area contributed by atoms with Crippen LogP contribution in [0.4, 0.5) is 0 Å². The lowest BCUT2D eigenvalue weighted by Gasteiger charge is -2.19. The second-order valence-corrected chi connectivity index (χ2v) is 6.18. The van der Waals surface area contributed by atoms with Crippen LogP contribution in [-0.2, 0) is 16.5 Å². The van der Waals surface area contributed by atoms with E-state index in [4.69, 9.17) is 4.74 Å². The molecule has 0 atom stereocenters. The summed E-state index contributed by atoms with van der Waals surface area (Å²) in [6.45, 7) is 0. The van der Waals surface area contributed by atoms with Gasteiger partial charge in [0.15, 0.2) is 0 Å². The first-order valence-electron chi connectivity index (χ1n) is 6.58. The molecule has 2 aromatic carbocycles. The van der Waals surface area contributed by atoms with Gasteiger partial charge < -0.3 is 4.74 Å². The third-order valence-corrected chi connectivity index (χ3v) is 4.28. The summed E-state index contributed by atoms with van der Waals surface area (Å²) >= 11 is 0. The van der Waals surface area contributed by atoms with Gasteiger partial charge in [-0.2, -0.15) is 8.42 Å². The average Bonchev–Trinajstić information content (AvgIpc) is 2.47. The van der Waals surface area contributed by atoms with E-state index < -0.39 is 10.1 Å². The first-order valence-corrected chi connectivity index (χ1v) is 8.02. The number of hydrogen-bond acceptors (Lipinski definition) is 3. The predicted molar refractivity (Wildman–Crippen MR) is 80.8 cm³/mol. The second-order valence-electron chi connectivity index (χ2n) is 4.79. The molecule has 4 nitrogen and oxygen atoms in total. The Morgan fingerprint density at radius 2 is 1.76 bits per heavy atom. The van der Waals surface area contributed by atoms with E-state index >= 15 is 0 Å². The number of ether oxygens (including phenoxy) is 1. The molecule has 0 amide bonds. The summed E-state index contributed by atoms with van der Waals surface area (Å²) in [5.41, 5.74) is 1.31. The van der Waals surface area contributed by atoms with Crippen molar-refractivity contribution in [1.82, 2.24) is 0 Å². The Kier molecular flexibility index (Phi) is 3.53. The molecule has 0 bridgehead atoms. The van der Waals surface area contributed by atoms with E-state index in [1.807, 2.05) is 30.3 Å². The molecule has 0 unspecified atom stereocenters. The molecule has 0 aromatic heterocycles. The maximum absolute atomic E-state index is 11.6. The van der Waals surface area contributed by atoms with E-state index in [0.29, 0.717) is 23.5 Å². The summed E-state index contributed by atoms with van der Waals surface area (Å²) in [5, 5.41) is 0. The molecule has 0 radical (unpaired) electrons. The van der Waals surface area contributed by atoms with E-state index in [9.17, 15) is 13.0 Å². The summed E-state index contributed by atoms with van der Waals surface area (Å²) in [6, 6.07) is 14.5. The van der Waals surface area contributed by atoms with Crippen molar-refractivity contribution in [2.75, 3.05) is 0 Å². The van der Waals surface area contributed by atoms with E-state index in [-0.39, 0.29) is 4.91 Å². The largest absolute Gasteiger partial charge is 0.457 e. The van der Waals surface area contributed by atoms with E-state index in [0.717, 1.165) is 12.0 Å². The quantitative estimate of drug-likeness (QED) is 0.879. The van der Waals surface area contributed by atoms with Crippen molar-refractivity contribution in [2.24, 2.45) is 0 Å². The molecule has 3 rings (SSSR count). The highest BCUT2D eigenvalue weighted by atomic mass is 32.2. The minimum Gasteiger partial charge on any atom is -0.457 e. The lowest BCUT2D eigenvalue weighted by molar-refractivity contribution is 0.477. The number of allylic oxidation sites excluding steroid dienone is 1. The monoisotopic (exact) mass is 302 g/mol. The average molecular weight is 302 g/mol. The second kappa shape index (κ2) is 5.35. The lowest BCUT2D eigenvalue weighted by atomic mass is 9.96. The highest BCUT2D eigenvalue weighted by molar-refractivity contribution is 7.95. The van der Waals surface area contributed by atoms with Crippen LogP contribution in [0.25, 0.3) is 4.91 Å². The summed E-state index contributed by atoms with van der Waals surface area (Å²) in [4.78, 5) is -0.0738. The van der Waals surface area contributed by atoms with Crippen LogP contribution >= 0.6 is 0 Å². The first kappa shape index (κ1) is 13.9. The molecule has 0 saturated carbocycles. The molecular formula is C16H14O4S. The van der Waals surface area contributed by atoms with E-state index in [1.165, 1.54) is 6.08 Å². The van der Waals surface area contributed by atoms with Gasteiger partial charge in [0.25, 0.3) is 10.1 Å². The normalized spacial score (nSPS) is 14.2. The fraction of sp³-hybridized carbons (Fsp3) is 0.125. The summed E-state index contributed by atoms with van der Waals surface area (Å²) in [7, 11) is -4.27. The molecule has 108 valence electrons. The number of rotatable bonds is 3. The molecule has 0 fully saturated rings. The zero-order valence-corrected chi connectivity index (χ0v) is 12.0. The summed E-state index contributed by atoms with van der Waals surface area (Å²) in [6.07, 6.45) is 2.84. The van der Waals surface area contributed by atoms with Crippen LogP contribution in [0.3, 0.4) is 0 Å². The molecule has 0 aliphatic heterocycles. The predicted octanol–water partition coefficient (Wildman–Crippen LogP) is 3.65. The third kappa shape index (κ3) is 2.84. The van der Waals surface area contributed by atoms with Crippen molar-refractivity contribution >= 4 is 15.0 Å². The molecule has 1 aliphatic rings. The van der Waals surface area contributed by atoms with Crippen LogP contribution in [0.5, 0.6) is 11.5 Å². The van der Waals surface area contributed by atoms with Crippen molar-refractivity contribution in [3.8, 4) is 11.5 Å². The zero-order valence-electron chi connectivity index (χ0n) is 11.2. The first-order chi connectivity index (χ1) is 10.1. The summed E-state index contributed by atoms with van der Waals surface area (Å²) < 4.78 is 38.4. The third-order valence-electron chi connectivity index (χ3n) is 3.35. The van der Waals surface area contributed by atoms with Crippen molar-refractivity contribution in [3.05, 3.63) is 65.7 Å². The maximum atomic E-state index is 11.6. The Balaban J connectivity index is 2.11. The topological polar surface area (TPSA) is 63.6 Å². The number of fused-ring (bicyclic) bond motifs is 1.